The van der Waals surface area contributed by atoms with Crippen molar-refractivity contribution in [2.75, 3.05) is 29.5 Å². The van der Waals surface area contributed by atoms with E-state index < -0.39 is 0 Å². The van der Waals surface area contributed by atoms with Crippen LogP contribution < -0.4 is 10.6 Å². The lowest BCUT2D eigenvalue weighted by molar-refractivity contribution is 0.737. The average molecular weight is 236 g/mol. The van der Waals surface area contributed by atoms with E-state index in [-0.39, 0.29) is 6.04 Å². The molecule has 0 saturated carbocycles. The van der Waals surface area contributed by atoms with E-state index in [2.05, 4.69) is 36.1 Å². The van der Waals surface area contributed by atoms with E-state index in [1.54, 1.807) is 0 Å². The van der Waals surface area contributed by atoms with Crippen LogP contribution in [0.4, 0.5) is 5.69 Å². The van der Waals surface area contributed by atoms with Crippen molar-refractivity contribution in [2.45, 2.75) is 19.4 Å². The van der Waals surface area contributed by atoms with Crippen molar-refractivity contribution in [3.05, 3.63) is 29.8 Å². The van der Waals surface area contributed by atoms with Crippen LogP contribution in [0.3, 0.4) is 0 Å². The van der Waals surface area contributed by atoms with Gasteiger partial charge in [0, 0.05) is 36.3 Å². The topological polar surface area (TPSA) is 29.3 Å². The zero-order chi connectivity index (χ0) is 11.4. The predicted molar refractivity (Wildman–Crippen MR) is 73.3 cm³/mol. The molecular formula is C13H20N2S. The second kappa shape index (κ2) is 5.60. The van der Waals surface area contributed by atoms with Gasteiger partial charge in [-0.2, -0.15) is 11.8 Å². The molecule has 0 radical (unpaired) electrons. The fourth-order valence-corrected chi connectivity index (χ4v) is 2.98. The van der Waals surface area contributed by atoms with E-state index in [0.29, 0.717) is 0 Å². The standard InChI is InChI=1S/C13H20N2S/c1-11(14)9-12-3-2-4-13(10-12)15-5-7-16-8-6-15/h2-4,10-11H,5-9,14H2,1H3. The Morgan fingerprint density at radius 3 is 2.81 bits per heavy atom. The molecular weight excluding hydrogens is 216 g/mol. The molecule has 1 fully saturated rings. The Bertz CT molecular complexity index is 332. The zero-order valence-corrected chi connectivity index (χ0v) is 10.7. The third-order valence-electron chi connectivity index (χ3n) is 2.84. The number of thioether (sulfide) groups is 1. The summed E-state index contributed by atoms with van der Waals surface area (Å²) in [5.74, 6) is 2.50. The van der Waals surface area contributed by atoms with Crippen LogP contribution in [0.1, 0.15) is 12.5 Å². The summed E-state index contributed by atoms with van der Waals surface area (Å²) in [4.78, 5) is 2.47. The lowest BCUT2D eigenvalue weighted by atomic mass is 10.1. The Labute approximate surface area is 102 Å². The van der Waals surface area contributed by atoms with Crippen LogP contribution in [0, 0.1) is 0 Å². The largest absolute Gasteiger partial charge is 0.370 e. The van der Waals surface area contributed by atoms with Crippen LogP contribution >= 0.6 is 11.8 Å². The summed E-state index contributed by atoms with van der Waals surface area (Å²) in [6.45, 7) is 4.41. The van der Waals surface area contributed by atoms with Crippen molar-refractivity contribution in [1.82, 2.24) is 0 Å². The molecule has 0 amide bonds. The van der Waals surface area contributed by atoms with E-state index in [1.165, 1.54) is 35.8 Å². The number of hydrogen-bond acceptors (Lipinski definition) is 3. The smallest absolute Gasteiger partial charge is 0.0369 e. The average Bonchev–Trinajstić information content (AvgIpc) is 2.30. The van der Waals surface area contributed by atoms with Crippen molar-refractivity contribution in [2.24, 2.45) is 5.73 Å². The summed E-state index contributed by atoms with van der Waals surface area (Å²) < 4.78 is 0. The second-order valence-corrected chi connectivity index (χ2v) is 5.68. The minimum Gasteiger partial charge on any atom is -0.370 e. The molecule has 1 heterocycles. The van der Waals surface area contributed by atoms with Crippen LogP contribution in [-0.4, -0.2) is 30.6 Å². The maximum absolute atomic E-state index is 5.84. The second-order valence-electron chi connectivity index (χ2n) is 4.45. The van der Waals surface area contributed by atoms with E-state index in [1.807, 2.05) is 11.8 Å². The summed E-state index contributed by atoms with van der Waals surface area (Å²) in [7, 11) is 0. The van der Waals surface area contributed by atoms with Crippen LogP contribution in [0.2, 0.25) is 0 Å². The van der Waals surface area contributed by atoms with Gasteiger partial charge in [-0.15, -0.1) is 0 Å². The maximum Gasteiger partial charge on any atom is 0.0369 e. The highest BCUT2D eigenvalue weighted by molar-refractivity contribution is 7.99. The molecule has 1 aromatic rings. The lowest BCUT2D eigenvalue weighted by Gasteiger charge is -2.28. The minimum absolute atomic E-state index is 0.243. The Morgan fingerprint density at radius 2 is 2.12 bits per heavy atom. The van der Waals surface area contributed by atoms with Gasteiger partial charge in [0.05, 0.1) is 0 Å². The molecule has 3 heteroatoms. The Balaban J connectivity index is 2.08. The molecule has 0 spiro atoms. The van der Waals surface area contributed by atoms with E-state index >= 15 is 0 Å². The third-order valence-corrected chi connectivity index (χ3v) is 3.79. The number of rotatable bonds is 3. The number of hydrogen-bond donors (Lipinski definition) is 1. The molecule has 2 N–H and O–H groups in total. The first-order valence-corrected chi connectivity index (χ1v) is 7.08. The first-order chi connectivity index (χ1) is 7.75. The van der Waals surface area contributed by atoms with Gasteiger partial charge in [-0.1, -0.05) is 12.1 Å². The van der Waals surface area contributed by atoms with E-state index in [9.17, 15) is 0 Å². The molecule has 88 valence electrons. The molecule has 1 atom stereocenters. The maximum atomic E-state index is 5.84. The van der Waals surface area contributed by atoms with Crippen molar-refractivity contribution in [3.63, 3.8) is 0 Å². The van der Waals surface area contributed by atoms with Gasteiger partial charge in [-0.05, 0) is 31.0 Å². The molecule has 16 heavy (non-hydrogen) atoms. The SMILES string of the molecule is CC(N)Cc1cccc(N2CCSCC2)c1. The zero-order valence-electron chi connectivity index (χ0n) is 9.86. The number of anilines is 1. The highest BCUT2D eigenvalue weighted by Crippen LogP contribution is 2.20. The Hall–Kier alpha value is -0.670. The van der Waals surface area contributed by atoms with Crippen molar-refractivity contribution < 1.29 is 0 Å². The van der Waals surface area contributed by atoms with Gasteiger partial charge in [0.15, 0.2) is 0 Å². The van der Waals surface area contributed by atoms with E-state index in [4.69, 9.17) is 5.73 Å². The molecule has 0 aromatic heterocycles. The normalized spacial score (nSPS) is 18.5. The number of nitrogens with zero attached hydrogens (tertiary/aromatic N) is 1. The summed E-state index contributed by atoms with van der Waals surface area (Å²) >= 11 is 2.05. The monoisotopic (exact) mass is 236 g/mol. The fraction of sp³-hybridized carbons (Fsp3) is 0.538. The summed E-state index contributed by atoms with van der Waals surface area (Å²) in [5.41, 5.74) is 8.55. The highest BCUT2D eigenvalue weighted by atomic mass is 32.2. The van der Waals surface area contributed by atoms with Crippen LogP contribution in [-0.2, 0) is 6.42 Å². The fourth-order valence-electron chi connectivity index (χ4n) is 2.07. The van der Waals surface area contributed by atoms with Crippen molar-refractivity contribution >= 4 is 17.4 Å². The van der Waals surface area contributed by atoms with Crippen LogP contribution in [0.5, 0.6) is 0 Å². The molecule has 1 aliphatic heterocycles. The van der Waals surface area contributed by atoms with Crippen molar-refractivity contribution in [1.29, 1.82) is 0 Å². The quantitative estimate of drug-likeness (QED) is 0.872. The summed E-state index contributed by atoms with van der Waals surface area (Å²) in [6.07, 6.45) is 0.969. The van der Waals surface area contributed by atoms with Gasteiger partial charge in [-0.3, -0.25) is 0 Å². The van der Waals surface area contributed by atoms with Crippen LogP contribution in [0.25, 0.3) is 0 Å². The molecule has 1 aliphatic rings. The molecule has 0 aliphatic carbocycles. The number of nitrogens with two attached hydrogens (primary N) is 1. The van der Waals surface area contributed by atoms with Gasteiger partial charge in [0.25, 0.3) is 0 Å². The molecule has 1 unspecified atom stereocenters. The molecule has 0 bridgehead atoms. The summed E-state index contributed by atoms with van der Waals surface area (Å²) in [5, 5.41) is 0. The van der Waals surface area contributed by atoms with Gasteiger partial charge in [0.1, 0.15) is 0 Å². The summed E-state index contributed by atoms with van der Waals surface area (Å²) in [6, 6.07) is 9.06. The van der Waals surface area contributed by atoms with Crippen molar-refractivity contribution in [3.8, 4) is 0 Å². The first-order valence-electron chi connectivity index (χ1n) is 5.93. The van der Waals surface area contributed by atoms with Gasteiger partial charge >= 0.3 is 0 Å². The molecule has 2 nitrogen and oxygen atoms in total. The Kier molecular flexibility index (Phi) is 4.13. The first kappa shape index (κ1) is 11.8. The molecule has 1 aromatic carbocycles. The molecule has 1 saturated heterocycles. The predicted octanol–water partition coefficient (Wildman–Crippen LogP) is 2.13. The highest BCUT2D eigenvalue weighted by Gasteiger charge is 2.11. The Morgan fingerprint density at radius 1 is 1.38 bits per heavy atom. The van der Waals surface area contributed by atoms with Gasteiger partial charge in [-0.25, -0.2) is 0 Å². The number of benzene rings is 1. The third kappa shape index (κ3) is 3.16. The molecule has 2 rings (SSSR count). The van der Waals surface area contributed by atoms with Gasteiger partial charge < -0.3 is 10.6 Å². The lowest BCUT2D eigenvalue weighted by Crippen LogP contribution is -2.32. The van der Waals surface area contributed by atoms with E-state index in [0.717, 1.165) is 6.42 Å². The van der Waals surface area contributed by atoms with Crippen LogP contribution in [0.15, 0.2) is 24.3 Å². The van der Waals surface area contributed by atoms with Gasteiger partial charge in [0.2, 0.25) is 0 Å². The minimum atomic E-state index is 0.243.